The molecule has 0 fully saturated rings. The van der Waals surface area contributed by atoms with Gasteiger partial charge in [-0.05, 0) is 67.5 Å². The Kier molecular flexibility index (Phi) is 2.16. The van der Waals surface area contributed by atoms with Crippen molar-refractivity contribution >= 4 is 0 Å². The quantitative estimate of drug-likeness (QED) is 0.525. The van der Waals surface area contributed by atoms with Crippen molar-refractivity contribution in [2.75, 3.05) is 0 Å². The summed E-state index contributed by atoms with van der Waals surface area (Å²) in [6, 6.07) is 9.28. The lowest BCUT2D eigenvalue weighted by atomic mass is 9.96. The van der Waals surface area contributed by atoms with Crippen LogP contribution in [0.4, 0.5) is 0 Å². The number of fused-ring (bicyclic) bond motifs is 3. The maximum atomic E-state index is 2.34. The van der Waals surface area contributed by atoms with Gasteiger partial charge in [-0.2, -0.15) is 0 Å². The Morgan fingerprint density at radius 2 is 1.41 bits per heavy atom. The van der Waals surface area contributed by atoms with Crippen molar-refractivity contribution in [3.63, 3.8) is 0 Å². The normalized spacial score (nSPS) is 12.5. The molecule has 0 unspecified atom stereocenters. The van der Waals surface area contributed by atoms with E-state index in [1.54, 1.807) is 0 Å². The number of aryl methyl sites for hydroxylation is 4. The molecule has 17 heavy (non-hydrogen) atoms. The minimum absolute atomic E-state index is 1.11. The number of benzene rings is 2. The van der Waals surface area contributed by atoms with E-state index in [0.717, 1.165) is 6.42 Å². The van der Waals surface area contributed by atoms with Gasteiger partial charge in [0, 0.05) is 0 Å². The highest BCUT2D eigenvalue weighted by molar-refractivity contribution is 5.81. The van der Waals surface area contributed by atoms with Crippen molar-refractivity contribution < 1.29 is 0 Å². The summed E-state index contributed by atoms with van der Waals surface area (Å²) < 4.78 is 0. The Morgan fingerprint density at radius 1 is 0.765 bits per heavy atom. The van der Waals surface area contributed by atoms with E-state index < -0.39 is 0 Å². The first-order valence-corrected chi connectivity index (χ1v) is 6.27. The van der Waals surface area contributed by atoms with Crippen LogP contribution in [0.15, 0.2) is 24.3 Å². The molecule has 3 rings (SSSR count). The molecule has 0 spiro atoms. The van der Waals surface area contributed by atoms with Crippen LogP contribution < -0.4 is 0 Å². The number of hydrogen-bond donors (Lipinski definition) is 0. The molecular formula is C17H18. The smallest absolute Gasteiger partial charge is 0.00106 e. The van der Waals surface area contributed by atoms with Crippen LogP contribution in [0.3, 0.4) is 0 Å². The minimum Gasteiger partial charge on any atom is -0.0561 e. The highest BCUT2D eigenvalue weighted by Crippen LogP contribution is 2.41. The Balaban J connectivity index is 2.34. The molecule has 86 valence electrons. The molecule has 0 bridgehead atoms. The van der Waals surface area contributed by atoms with E-state index in [4.69, 9.17) is 0 Å². The Hall–Kier alpha value is -1.56. The van der Waals surface area contributed by atoms with Crippen molar-refractivity contribution in [3.05, 3.63) is 57.6 Å². The fourth-order valence-electron chi connectivity index (χ4n) is 3.23. The van der Waals surface area contributed by atoms with Crippen LogP contribution in [0.1, 0.15) is 33.4 Å². The molecule has 2 aromatic rings. The molecule has 0 aromatic heterocycles. The first-order chi connectivity index (χ1) is 8.06. The summed E-state index contributed by atoms with van der Waals surface area (Å²) in [5, 5.41) is 0. The molecule has 0 amide bonds. The zero-order chi connectivity index (χ0) is 12.2. The van der Waals surface area contributed by atoms with Gasteiger partial charge in [0.2, 0.25) is 0 Å². The Bertz CT molecular complexity index is 618. The molecule has 0 nitrogen and oxygen atoms in total. The number of hydrogen-bond acceptors (Lipinski definition) is 0. The molecule has 0 aliphatic heterocycles. The summed E-state index contributed by atoms with van der Waals surface area (Å²) in [4.78, 5) is 0. The molecule has 0 heteroatoms. The van der Waals surface area contributed by atoms with Crippen molar-refractivity contribution in [1.29, 1.82) is 0 Å². The van der Waals surface area contributed by atoms with Gasteiger partial charge in [-0.3, -0.25) is 0 Å². The summed E-state index contributed by atoms with van der Waals surface area (Å²) in [5.74, 6) is 0. The highest BCUT2D eigenvalue weighted by atomic mass is 14.3. The van der Waals surface area contributed by atoms with E-state index in [1.165, 1.54) is 44.5 Å². The van der Waals surface area contributed by atoms with Crippen molar-refractivity contribution in [1.82, 2.24) is 0 Å². The van der Waals surface area contributed by atoms with E-state index in [1.807, 2.05) is 0 Å². The molecule has 0 radical (unpaired) electrons. The molecule has 1 aliphatic carbocycles. The van der Waals surface area contributed by atoms with Crippen molar-refractivity contribution in [3.8, 4) is 11.1 Å². The SMILES string of the molecule is Cc1cc(C)c2c(c1)Cc1c(C)cc(C)cc1-2. The maximum Gasteiger partial charge on any atom is -0.00106 e. The summed E-state index contributed by atoms with van der Waals surface area (Å²) in [6.45, 7) is 8.85. The molecular weight excluding hydrogens is 204 g/mol. The van der Waals surface area contributed by atoms with Crippen molar-refractivity contribution in [2.45, 2.75) is 34.1 Å². The monoisotopic (exact) mass is 222 g/mol. The van der Waals surface area contributed by atoms with Gasteiger partial charge in [-0.25, -0.2) is 0 Å². The third-order valence-electron chi connectivity index (χ3n) is 3.82. The zero-order valence-electron chi connectivity index (χ0n) is 11.0. The standard InChI is InChI=1S/C17H18/c1-10-6-13(4)17-14(7-10)9-15-12(3)5-11(2)8-16(15)17/h5-8H,9H2,1-4H3. The van der Waals surface area contributed by atoms with Crippen molar-refractivity contribution in [2.24, 2.45) is 0 Å². The van der Waals surface area contributed by atoms with Crippen LogP contribution in [-0.4, -0.2) is 0 Å². The predicted octanol–water partition coefficient (Wildman–Crippen LogP) is 4.49. The molecule has 0 saturated heterocycles. The van der Waals surface area contributed by atoms with E-state index in [0.29, 0.717) is 0 Å². The number of rotatable bonds is 0. The lowest BCUT2D eigenvalue weighted by Gasteiger charge is -2.09. The molecule has 0 N–H and O–H groups in total. The molecule has 0 saturated carbocycles. The van der Waals surface area contributed by atoms with Gasteiger partial charge in [0.1, 0.15) is 0 Å². The lowest BCUT2D eigenvalue weighted by Crippen LogP contribution is -1.87. The molecule has 2 aromatic carbocycles. The first kappa shape index (κ1) is 10.6. The van der Waals surface area contributed by atoms with Gasteiger partial charge >= 0.3 is 0 Å². The fraction of sp³-hybridized carbons (Fsp3) is 0.294. The molecule has 0 atom stereocenters. The average Bonchev–Trinajstić information content (AvgIpc) is 2.56. The Morgan fingerprint density at radius 3 is 2.18 bits per heavy atom. The van der Waals surface area contributed by atoms with Gasteiger partial charge in [0.05, 0.1) is 0 Å². The molecule has 1 aliphatic rings. The van der Waals surface area contributed by atoms with Crippen LogP contribution in [0, 0.1) is 27.7 Å². The summed E-state index contributed by atoms with van der Waals surface area (Å²) in [6.07, 6.45) is 1.11. The minimum atomic E-state index is 1.11. The maximum absolute atomic E-state index is 2.34. The molecule has 0 heterocycles. The predicted molar refractivity (Wildman–Crippen MR) is 73.6 cm³/mol. The van der Waals surface area contributed by atoms with E-state index in [-0.39, 0.29) is 0 Å². The van der Waals surface area contributed by atoms with Crippen LogP contribution in [0.25, 0.3) is 11.1 Å². The zero-order valence-corrected chi connectivity index (χ0v) is 11.0. The summed E-state index contributed by atoms with van der Waals surface area (Å²) in [7, 11) is 0. The van der Waals surface area contributed by atoms with Crippen LogP contribution in [0.2, 0.25) is 0 Å². The van der Waals surface area contributed by atoms with E-state index >= 15 is 0 Å². The van der Waals surface area contributed by atoms with Gasteiger partial charge in [-0.1, -0.05) is 35.4 Å². The topological polar surface area (TPSA) is 0 Å². The second-order valence-corrected chi connectivity index (χ2v) is 5.40. The van der Waals surface area contributed by atoms with Crippen LogP contribution in [0.5, 0.6) is 0 Å². The average molecular weight is 222 g/mol. The third-order valence-corrected chi connectivity index (χ3v) is 3.82. The van der Waals surface area contributed by atoms with Gasteiger partial charge in [-0.15, -0.1) is 0 Å². The van der Waals surface area contributed by atoms with Gasteiger partial charge in [0.25, 0.3) is 0 Å². The second-order valence-electron chi connectivity index (χ2n) is 5.40. The lowest BCUT2D eigenvalue weighted by molar-refractivity contribution is 1.20. The first-order valence-electron chi connectivity index (χ1n) is 6.27. The summed E-state index contributed by atoms with van der Waals surface area (Å²) in [5.41, 5.74) is 11.6. The fourth-order valence-corrected chi connectivity index (χ4v) is 3.23. The van der Waals surface area contributed by atoms with E-state index in [2.05, 4.69) is 52.0 Å². The Labute approximate surface area is 103 Å². The summed E-state index contributed by atoms with van der Waals surface area (Å²) >= 11 is 0. The van der Waals surface area contributed by atoms with Crippen LogP contribution >= 0.6 is 0 Å². The van der Waals surface area contributed by atoms with E-state index in [9.17, 15) is 0 Å². The second kappa shape index (κ2) is 3.46. The van der Waals surface area contributed by atoms with Gasteiger partial charge < -0.3 is 0 Å². The van der Waals surface area contributed by atoms with Crippen LogP contribution in [-0.2, 0) is 6.42 Å². The largest absolute Gasteiger partial charge is 0.0561 e. The third kappa shape index (κ3) is 1.51. The highest BCUT2D eigenvalue weighted by Gasteiger charge is 2.22. The van der Waals surface area contributed by atoms with Gasteiger partial charge in [0.15, 0.2) is 0 Å².